The molecule has 2 rings (SSSR count). The lowest BCUT2D eigenvalue weighted by molar-refractivity contribution is 0.277. The van der Waals surface area contributed by atoms with E-state index in [4.69, 9.17) is 5.11 Å². The second-order valence-electron chi connectivity index (χ2n) is 3.09. The zero-order valence-corrected chi connectivity index (χ0v) is 6.38. The number of hydrogen-bond acceptors (Lipinski definition) is 2. The first-order valence-electron chi connectivity index (χ1n) is 4.05. The van der Waals surface area contributed by atoms with Gasteiger partial charge in [0.25, 0.3) is 0 Å². The second-order valence-corrected chi connectivity index (χ2v) is 3.09. The van der Waals surface area contributed by atoms with Gasteiger partial charge in [-0.05, 0) is 12.8 Å². The predicted octanol–water partition coefficient (Wildman–Crippen LogP) is 1.17. The van der Waals surface area contributed by atoms with E-state index < -0.39 is 0 Å². The lowest BCUT2D eigenvalue weighted by atomic mass is 9.82. The molecule has 0 atom stereocenters. The summed E-state index contributed by atoms with van der Waals surface area (Å²) < 4.78 is 0. The molecule has 0 bridgehead atoms. The van der Waals surface area contributed by atoms with Crippen LogP contribution in [-0.4, -0.2) is 15.3 Å². The minimum atomic E-state index is 0.113. The Balaban J connectivity index is 2.20. The van der Waals surface area contributed by atoms with Gasteiger partial charge in [0.05, 0.1) is 12.8 Å². The van der Waals surface area contributed by atoms with Gasteiger partial charge in [0, 0.05) is 17.2 Å². The van der Waals surface area contributed by atoms with E-state index in [1.807, 2.05) is 0 Å². The maximum atomic E-state index is 8.92. The Morgan fingerprint density at radius 1 is 1.64 bits per heavy atom. The topological polar surface area (TPSA) is 48.9 Å². The van der Waals surface area contributed by atoms with Crippen molar-refractivity contribution in [3.8, 4) is 0 Å². The Morgan fingerprint density at radius 3 is 3.00 bits per heavy atom. The number of aromatic amines is 1. The van der Waals surface area contributed by atoms with E-state index in [-0.39, 0.29) is 6.61 Å². The zero-order chi connectivity index (χ0) is 7.68. The van der Waals surface area contributed by atoms with E-state index in [9.17, 15) is 0 Å². The molecule has 0 spiro atoms. The number of hydrogen-bond donors (Lipinski definition) is 2. The van der Waals surface area contributed by atoms with Gasteiger partial charge in [-0.15, -0.1) is 0 Å². The third-order valence-corrected chi connectivity index (χ3v) is 2.44. The van der Waals surface area contributed by atoms with Crippen LogP contribution in [0.4, 0.5) is 0 Å². The van der Waals surface area contributed by atoms with Gasteiger partial charge in [-0.3, -0.25) is 5.10 Å². The lowest BCUT2D eigenvalue weighted by Crippen LogP contribution is -2.11. The van der Waals surface area contributed by atoms with E-state index in [0.29, 0.717) is 5.92 Å². The third kappa shape index (κ3) is 1.05. The van der Waals surface area contributed by atoms with Gasteiger partial charge in [0.1, 0.15) is 0 Å². The molecule has 1 aliphatic carbocycles. The van der Waals surface area contributed by atoms with Gasteiger partial charge in [-0.25, -0.2) is 0 Å². The fraction of sp³-hybridized carbons (Fsp3) is 0.625. The monoisotopic (exact) mass is 152 g/mol. The molecule has 1 heterocycles. The number of aliphatic hydroxyl groups excluding tert-OH is 1. The van der Waals surface area contributed by atoms with Crippen LogP contribution in [0.5, 0.6) is 0 Å². The van der Waals surface area contributed by atoms with Crippen molar-refractivity contribution in [2.45, 2.75) is 31.8 Å². The van der Waals surface area contributed by atoms with E-state index in [2.05, 4.69) is 10.2 Å². The number of aromatic nitrogens is 2. The zero-order valence-electron chi connectivity index (χ0n) is 6.38. The van der Waals surface area contributed by atoms with E-state index in [0.717, 1.165) is 11.3 Å². The quantitative estimate of drug-likeness (QED) is 0.668. The second kappa shape index (κ2) is 2.66. The van der Waals surface area contributed by atoms with E-state index in [1.54, 1.807) is 6.20 Å². The molecule has 11 heavy (non-hydrogen) atoms. The average Bonchev–Trinajstić information content (AvgIpc) is 2.32. The first-order chi connectivity index (χ1) is 5.42. The molecule has 2 N–H and O–H groups in total. The molecule has 60 valence electrons. The summed E-state index contributed by atoms with van der Waals surface area (Å²) in [5.74, 6) is 0.639. The first kappa shape index (κ1) is 6.85. The Morgan fingerprint density at radius 2 is 2.45 bits per heavy atom. The van der Waals surface area contributed by atoms with Crippen LogP contribution in [0.15, 0.2) is 6.20 Å². The summed E-state index contributed by atoms with van der Waals surface area (Å²) >= 11 is 0. The molecule has 0 aromatic carbocycles. The van der Waals surface area contributed by atoms with Crippen molar-refractivity contribution in [3.63, 3.8) is 0 Å². The third-order valence-electron chi connectivity index (χ3n) is 2.44. The van der Waals surface area contributed by atoms with Crippen LogP contribution in [0.25, 0.3) is 0 Å². The van der Waals surface area contributed by atoms with Gasteiger partial charge in [0.2, 0.25) is 0 Å². The van der Waals surface area contributed by atoms with Gasteiger partial charge in [0.15, 0.2) is 0 Å². The van der Waals surface area contributed by atoms with E-state index >= 15 is 0 Å². The number of nitrogens with one attached hydrogen (secondary N) is 1. The lowest BCUT2D eigenvalue weighted by Gasteiger charge is -2.24. The summed E-state index contributed by atoms with van der Waals surface area (Å²) in [6, 6.07) is 0. The van der Waals surface area contributed by atoms with Crippen LogP contribution < -0.4 is 0 Å². The first-order valence-corrected chi connectivity index (χ1v) is 4.05. The molecule has 3 heteroatoms. The number of H-pyrrole nitrogens is 1. The van der Waals surface area contributed by atoms with Crippen LogP contribution in [-0.2, 0) is 6.61 Å². The van der Waals surface area contributed by atoms with E-state index in [1.165, 1.54) is 19.3 Å². The molecule has 1 aliphatic rings. The van der Waals surface area contributed by atoms with Crippen LogP contribution in [0, 0.1) is 0 Å². The molecule has 1 aromatic rings. The number of aliphatic hydroxyl groups is 1. The smallest absolute Gasteiger partial charge is 0.0715 e. The van der Waals surface area contributed by atoms with Crippen LogP contribution >= 0.6 is 0 Å². The Labute approximate surface area is 65.4 Å². The highest BCUT2D eigenvalue weighted by Crippen LogP contribution is 2.36. The molecular weight excluding hydrogens is 140 g/mol. The van der Waals surface area contributed by atoms with Gasteiger partial charge in [-0.2, -0.15) is 5.10 Å². The molecule has 0 unspecified atom stereocenters. The highest BCUT2D eigenvalue weighted by atomic mass is 16.3. The molecule has 0 aliphatic heterocycles. The van der Waals surface area contributed by atoms with Crippen molar-refractivity contribution in [2.75, 3.05) is 0 Å². The standard InChI is InChI=1S/C8H12N2O/c11-5-7-4-9-10-8(7)6-2-1-3-6/h4,6,11H,1-3,5H2,(H,9,10). The Bertz CT molecular complexity index is 240. The van der Waals surface area contributed by atoms with Crippen molar-refractivity contribution < 1.29 is 5.11 Å². The van der Waals surface area contributed by atoms with Crippen molar-refractivity contribution in [2.24, 2.45) is 0 Å². The highest BCUT2D eigenvalue weighted by Gasteiger charge is 2.23. The highest BCUT2D eigenvalue weighted by molar-refractivity contribution is 5.21. The summed E-state index contributed by atoms with van der Waals surface area (Å²) in [6.07, 6.45) is 5.52. The number of nitrogens with zero attached hydrogens (tertiary/aromatic N) is 1. The largest absolute Gasteiger partial charge is 0.392 e. The summed E-state index contributed by atoms with van der Waals surface area (Å²) in [6.45, 7) is 0.113. The van der Waals surface area contributed by atoms with Crippen LogP contribution in [0.1, 0.15) is 36.4 Å². The molecule has 0 amide bonds. The Hall–Kier alpha value is -0.830. The molecule has 1 aromatic heterocycles. The molecule has 3 nitrogen and oxygen atoms in total. The summed E-state index contributed by atoms with van der Waals surface area (Å²) in [5, 5.41) is 15.8. The van der Waals surface area contributed by atoms with Gasteiger partial charge in [-0.1, -0.05) is 6.42 Å². The SMILES string of the molecule is OCc1cn[nH]c1C1CCC1. The molecule has 1 fully saturated rings. The minimum Gasteiger partial charge on any atom is -0.392 e. The maximum Gasteiger partial charge on any atom is 0.0715 e. The predicted molar refractivity (Wildman–Crippen MR) is 41.1 cm³/mol. The number of rotatable bonds is 2. The minimum absolute atomic E-state index is 0.113. The molecular formula is C8H12N2O. The van der Waals surface area contributed by atoms with Gasteiger partial charge >= 0.3 is 0 Å². The maximum absolute atomic E-state index is 8.92. The normalized spacial score (nSPS) is 18.3. The van der Waals surface area contributed by atoms with Crippen molar-refractivity contribution in [3.05, 3.63) is 17.5 Å². The Kier molecular flexibility index (Phi) is 1.66. The fourth-order valence-electron chi connectivity index (χ4n) is 1.50. The fourth-order valence-corrected chi connectivity index (χ4v) is 1.50. The van der Waals surface area contributed by atoms with Crippen molar-refractivity contribution in [1.29, 1.82) is 0 Å². The molecule has 0 radical (unpaired) electrons. The molecule has 1 saturated carbocycles. The summed E-state index contributed by atoms with van der Waals surface area (Å²) in [4.78, 5) is 0. The summed E-state index contributed by atoms with van der Waals surface area (Å²) in [7, 11) is 0. The van der Waals surface area contributed by atoms with Crippen LogP contribution in [0.3, 0.4) is 0 Å². The molecule has 0 saturated heterocycles. The average molecular weight is 152 g/mol. The van der Waals surface area contributed by atoms with Gasteiger partial charge < -0.3 is 5.11 Å². The van der Waals surface area contributed by atoms with Crippen molar-refractivity contribution in [1.82, 2.24) is 10.2 Å². The van der Waals surface area contributed by atoms with Crippen LogP contribution in [0.2, 0.25) is 0 Å². The van der Waals surface area contributed by atoms with Crippen molar-refractivity contribution >= 4 is 0 Å². The summed E-state index contributed by atoms with van der Waals surface area (Å²) in [5.41, 5.74) is 2.12.